The Morgan fingerprint density at radius 2 is 1.85 bits per heavy atom. The maximum Gasteiger partial charge on any atom is 0.251 e. The summed E-state index contributed by atoms with van der Waals surface area (Å²) in [4.78, 5) is 11.5. The predicted molar refractivity (Wildman–Crippen MR) is 83.8 cm³/mol. The summed E-state index contributed by atoms with van der Waals surface area (Å²) in [5.41, 5.74) is 8.83. The van der Waals surface area contributed by atoms with Crippen LogP contribution in [0.1, 0.15) is 38.1 Å². The first-order valence-corrected chi connectivity index (χ1v) is 7.07. The fourth-order valence-electron chi connectivity index (χ4n) is 3.06. The van der Waals surface area contributed by atoms with Crippen LogP contribution in [-0.2, 0) is 0 Å². The second kappa shape index (κ2) is 4.69. The van der Waals surface area contributed by atoms with Crippen molar-refractivity contribution >= 4 is 17.3 Å². The molecule has 0 aliphatic heterocycles. The van der Waals surface area contributed by atoms with Crippen LogP contribution >= 0.6 is 0 Å². The van der Waals surface area contributed by atoms with E-state index in [1.165, 1.54) is 0 Å². The van der Waals surface area contributed by atoms with E-state index in [0.29, 0.717) is 28.0 Å². The number of carbonyl (C=O) groups excluding carboxylic acids is 1. The Bertz CT molecular complexity index is 521. The van der Waals surface area contributed by atoms with Gasteiger partial charge in [0.1, 0.15) is 0 Å². The number of rotatable bonds is 4. The van der Waals surface area contributed by atoms with Crippen molar-refractivity contribution in [3.05, 3.63) is 23.8 Å². The summed E-state index contributed by atoms with van der Waals surface area (Å²) in [6.07, 6.45) is 0. The highest BCUT2D eigenvalue weighted by Crippen LogP contribution is 2.68. The molecule has 0 atom stereocenters. The van der Waals surface area contributed by atoms with Gasteiger partial charge in [-0.1, -0.05) is 27.7 Å². The Hall–Kier alpha value is -1.71. The van der Waals surface area contributed by atoms with E-state index in [4.69, 9.17) is 5.73 Å². The van der Waals surface area contributed by atoms with Gasteiger partial charge in [0.2, 0.25) is 0 Å². The highest BCUT2D eigenvalue weighted by Gasteiger charge is 2.64. The van der Waals surface area contributed by atoms with Gasteiger partial charge in [0.05, 0.1) is 11.4 Å². The van der Waals surface area contributed by atoms with Crippen LogP contribution in [0.25, 0.3) is 0 Å². The highest BCUT2D eigenvalue weighted by atomic mass is 16.1. The summed E-state index contributed by atoms with van der Waals surface area (Å²) in [6, 6.07) is 5.38. The summed E-state index contributed by atoms with van der Waals surface area (Å²) in [5.74, 6) is 0.515. The van der Waals surface area contributed by atoms with Crippen LogP contribution in [0, 0.1) is 16.7 Å². The monoisotopic (exact) mass is 275 g/mol. The fraction of sp³-hybridized carbons (Fsp3) is 0.562. The van der Waals surface area contributed by atoms with E-state index in [-0.39, 0.29) is 5.91 Å². The van der Waals surface area contributed by atoms with Gasteiger partial charge in [0, 0.05) is 19.2 Å². The van der Waals surface area contributed by atoms with Crippen LogP contribution in [0.3, 0.4) is 0 Å². The average Bonchev–Trinajstić information content (AvgIpc) is 2.77. The zero-order valence-corrected chi connectivity index (χ0v) is 13.0. The minimum Gasteiger partial charge on any atom is -0.397 e. The van der Waals surface area contributed by atoms with E-state index < -0.39 is 0 Å². The van der Waals surface area contributed by atoms with Crippen LogP contribution in [-0.4, -0.2) is 19.5 Å². The maximum atomic E-state index is 11.5. The Kier molecular flexibility index (Phi) is 3.44. The molecule has 0 spiro atoms. The lowest BCUT2D eigenvalue weighted by atomic mass is 10.0. The molecule has 2 rings (SSSR count). The zero-order valence-electron chi connectivity index (χ0n) is 13.0. The van der Waals surface area contributed by atoms with Crippen molar-refractivity contribution in [1.29, 1.82) is 0 Å². The molecule has 1 aromatic rings. The number of hydrogen-bond donors (Lipinski definition) is 3. The number of anilines is 2. The molecular formula is C16H25N3O. The molecule has 4 N–H and O–H groups in total. The van der Waals surface area contributed by atoms with Gasteiger partial charge in [-0.05, 0) is 34.9 Å². The summed E-state index contributed by atoms with van der Waals surface area (Å²) in [6.45, 7) is 10.1. The Balaban J connectivity index is 2.03. The first kappa shape index (κ1) is 14.7. The molecule has 1 aliphatic rings. The van der Waals surface area contributed by atoms with Gasteiger partial charge in [0.25, 0.3) is 5.91 Å². The minimum absolute atomic E-state index is 0.118. The van der Waals surface area contributed by atoms with E-state index >= 15 is 0 Å². The molecule has 0 aromatic heterocycles. The standard InChI is InChI=1S/C16H25N3O/c1-15(2)13(16(15,3)4)9-19-12-7-6-10(8-11(12)17)14(20)18-5/h6-8,13,19H,9,17H2,1-5H3,(H,18,20). The summed E-state index contributed by atoms with van der Waals surface area (Å²) in [7, 11) is 1.61. The Labute approximate surface area is 121 Å². The SMILES string of the molecule is CNC(=O)c1ccc(NCC2C(C)(C)C2(C)C)c(N)c1. The molecular weight excluding hydrogens is 250 g/mol. The lowest BCUT2D eigenvalue weighted by Gasteiger charge is -2.11. The molecule has 1 amide bonds. The molecule has 0 saturated heterocycles. The molecule has 0 unspecified atom stereocenters. The lowest BCUT2D eigenvalue weighted by molar-refractivity contribution is 0.0963. The average molecular weight is 275 g/mol. The van der Waals surface area contributed by atoms with Crippen molar-refractivity contribution in [2.24, 2.45) is 16.7 Å². The maximum absolute atomic E-state index is 11.5. The summed E-state index contributed by atoms with van der Waals surface area (Å²) < 4.78 is 0. The number of benzene rings is 1. The third-order valence-corrected chi connectivity index (χ3v) is 5.36. The highest BCUT2D eigenvalue weighted by molar-refractivity contribution is 5.95. The third-order valence-electron chi connectivity index (χ3n) is 5.36. The molecule has 20 heavy (non-hydrogen) atoms. The van der Waals surface area contributed by atoms with Gasteiger partial charge in [-0.3, -0.25) is 4.79 Å². The number of carbonyl (C=O) groups is 1. The smallest absolute Gasteiger partial charge is 0.251 e. The van der Waals surface area contributed by atoms with Crippen molar-refractivity contribution in [3.8, 4) is 0 Å². The van der Waals surface area contributed by atoms with Gasteiger partial charge in [-0.25, -0.2) is 0 Å². The molecule has 1 fully saturated rings. The second-order valence-corrected chi connectivity index (χ2v) is 6.76. The van der Waals surface area contributed by atoms with Crippen LogP contribution in [0.2, 0.25) is 0 Å². The zero-order chi connectivity index (χ0) is 15.1. The molecule has 0 bridgehead atoms. The largest absolute Gasteiger partial charge is 0.397 e. The van der Waals surface area contributed by atoms with E-state index in [9.17, 15) is 4.79 Å². The van der Waals surface area contributed by atoms with Crippen LogP contribution in [0.15, 0.2) is 18.2 Å². The Morgan fingerprint density at radius 3 is 2.30 bits per heavy atom. The quantitative estimate of drug-likeness (QED) is 0.740. The van der Waals surface area contributed by atoms with Gasteiger partial charge in [-0.2, -0.15) is 0 Å². The van der Waals surface area contributed by atoms with E-state index in [1.54, 1.807) is 19.2 Å². The molecule has 4 heteroatoms. The summed E-state index contributed by atoms with van der Waals surface area (Å²) in [5, 5.41) is 6.01. The molecule has 0 heterocycles. The van der Waals surface area contributed by atoms with Crippen molar-refractivity contribution < 1.29 is 4.79 Å². The van der Waals surface area contributed by atoms with E-state index in [2.05, 4.69) is 38.3 Å². The van der Waals surface area contributed by atoms with Crippen LogP contribution in [0.4, 0.5) is 11.4 Å². The van der Waals surface area contributed by atoms with Crippen LogP contribution in [0.5, 0.6) is 0 Å². The molecule has 1 saturated carbocycles. The minimum atomic E-state index is -0.118. The van der Waals surface area contributed by atoms with Crippen molar-refractivity contribution in [3.63, 3.8) is 0 Å². The Morgan fingerprint density at radius 1 is 1.25 bits per heavy atom. The number of nitrogens with one attached hydrogen (secondary N) is 2. The second-order valence-electron chi connectivity index (χ2n) is 6.76. The molecule has 1 aliphatic carbocycles. The fourth-order valence-corrected chi connectivity index (χ4v) is 3.06. The van der Waals surface area contributed by atoms with E-state index in [1.807, 2.05) is 6.07 Å². The molecule has 0 radical (unpaired) electrons. The number of nitrogen functional groups attached to an aromatic ring is 1. The van der Waals surface area contributed by atoms with Crippen LogP contribution < -0.4 is 16.4 Å². The van der Waals surface area contributed by atoms with Gasteiger partial charge in [-0.15, -0.1) is 0 Å². The van der Waals surface area contributed by atoms with Gasteiger partial charge >= 0.3 is 0 Å². The van der Waals surface area contributed by atoms with Crippen molar-refractivity contribution in [2.45, 2.75) is 27.7 Å². The van der Waals surface area contributed by atoms with E-state index in [0.717, 1.165) is 12.2 Å². The first-order chi connectivity index (χ1) is 9.21. The third kappa shape index (κ3) is 2.23. The van der Waals surface area contributed by atoms with Crippen molar-refractivity contribution in [1.82, 2.24) is 5.32 Å². The van der Waals surface area contributed by atoms with Crippen molar-refractivity contribution in [2.75, 3.05) is 24.6 Å². The molecule has 1 aromatic carbocycles. The molecule has 4 nitrogen and oxygen atoms in total. The normalized spacial score (nSPS) is 19.4. The molecule has 110 valence electrons. The number of hydrogen-bond acceptors (Lipinski definition) is 3. The first-order valence-electron chi connectivity index (χ1n) is 7.07. The lowest BCUT2D eigenvalue weighted by Crippen LogP contribution is -2.18. The number of amides is 1. The predicted octanol–water partition coefficient (Wildman–Crippen LogP) is 2.72. The summed E-state index contributed by atoms with van der Waals surface area (Å²) >= 11 is 0. The van der Waals surface area contributed by atoms with Gasteiger partial charge in [0.15, 0.2) is 0 Å². The topological polar surface area (TPSA) is 67.2 Å². The van der Waals surface area contributed by atoms with Gasteiger partial charge < -0.3 is 16.4 Å². The number of nitrogens with two attached hydrogens (primary N) is 1.